The lowest BCUT2D eigenvalue weighted by Gasteiger charge is -2.15. The van der Waals surface area contributed by atoms with E-state index >= 15 is 0 Å². The second-order valence-electron chi connectivity index (χ2n) is 5.68. The highest BCUT2D eigenvalue weighted by Crippen LogP contribution is 2.40. The van der Waals surface area contributed by atoms with E-state index in [4.69, 9.17) is 16.3 Å². The third-order valence-corrected chi connectivity index (χ3v) is 3.26. The van der Waals surface area contributed by atoms with Crippen LogP contribution in [0.2, 0.25) is 5.02 Å². The zero-order valence-electron chi connectivity index (χ0n) is 10.8. The molecule has 1 aliphatic heterocycles. The van der Waals surface area contributed by atoms with Crippen LogP contribution in [0.15, 0.2) is 18.2 Å². The van der Waals surface area contributed by atoms with E-state index in [2.05, 4.69) is 5.32 Å². The first kappa shape index (κ1) is 14.5. The number of alkyl halides is 3. The average molecular weight is 294 g/mol. The number of benzene rings is 1. The monoisotopic (exact) mass is 293 g/mol. The standard InChI is InChI=1S/C13H15ClF3NO/c1-12(2,3)10-11(19-10)18-7-4-5-9(14)8(6-7)13(15,16)17/h4-6,10-11,18H,1-3H3. The zero-order chi connectivity index (χ0) is 14.4. The molecule has 1 aromatic rings. The van der Waals surface area contributed by atoms with Crippen molar-refractivity contribution in [2.75, 3.05) is 5.32 Å². The number of nitrogens with one attached hydrogen (secondary N) is 1. The maximum Gasteiger partial charge on any atom is 0.417 e. The molecule has 2 atom stereocenters. The molecule has 0 aromatic heterocycles. The fourth-order valence-electron chi connectivity index (χ4n) is 1.88. The summed E-state index contributed by atoms with van der Waals surface area (Å²) in [5.74, 6) is 0. The van der Waals surface area contributed by atoms with Crippen molar-refractivity contribution >= 4 is 17.3 Å². The fourth-order valence-corrected chi connectivity index (χ4v) is 2.10. The van der Waals surface area contributed by atoms with E-state index in [0.29, 0.717) is 5.69 Å². The highest BCUT2D eigenvalue weighted by atomic mass is 35.5. The van der Waals surface area contributed by atoms with Gasteiger partial charge in [0.1, 0.15) is 6.10 Å². The largest absolute Gasteiger partial charge is 0.417 e. The Balaban J connectivity index is 2.12. The van der Waals surface area contributed by atoms with Crippen LogP contribution in [0.3, 0.4) is 0 Å². The molecule has 0 aliphatic carbocycles. The summed E-state index contributed by atoms with van der Waals surface area (Å²) in [6.45, 7) is 6.05. The molecule has 19 heavy (non-hydrogen) atoms. The molecule has 2 unspecified atom stereocenters. The van der Waals surface area contributed by atoms with E-state index < -0.39 is 11.7 Å². The van der Waals surface area contributed by atoms with Gasteiger partial charge in [0.15, 0.2) is 6.23 Å². The summed E-state index contributed by atoms with van der Waals surface area (Å²) in [6, 6.07) is 3.75. The molecule has 0 amide bonds. The fraction of sp³-hybridized carbons (Fsp3) is 0.538. The minimum Gasteiger partial charge on any atom is -0.358 e. The normalized spacial score (nSPS) is 23.3. The van der Waals surface area contributed by atoms with Gasteiger partial charge in [0.05, 0.1) is 10.6 Å². The molecule has 0 spiro atoms. The van der Waals surface area contributed by atoms with Gasteiger partial charge in [-0.15, -0.1) is 0 Å². The number of halogens is 4. The molecule has 0 bridgehead atoms. The lowest BCUT2D eigenvalue weighted by Crippen LogP contribution is -2.20. The highest BCUT2D eigenvalue weighted by Gasteiger charge is 2.47. The molecule has 2 nitrogen and oxygen atoms in total. The molecule has 1 fully saturated rings. The van der Waals surface area contributed by atoms with Crippen molar-refractivity contribution in [3.05, 3.63) is 28.8 Å². The Kier molecular flexibility index (Phi) is 3.47. The van der Waals surface area contributed by atoms with Crippen molar-refractivity contribution < 1.29 is 17.9 Å². The summed E-state index contributed by atoms with van der Waals surface area (Å²) in [5, 5.41) is 2.63. The van der Waals surface area contributed by atoms with Gasteiger partial charge in [0, 0.05) is 5.69 Å². The lowest BCUT2D eigenvalue weighted by atomic mass is 9.92. The predicted molar refractivity (Wildman–Crippen MR) is 68.2 cm³/mol. The molecule has 1 aliphatic rings. The third kappa shape index (κ3) is 3.34. The minimum absolute atomic E-state index is 0.00230. The van der Waals surface area contributed by atoms with Gasteiger partial charge in [-0.2, -0.15) is 13.2 Å². The molecule has 2 rings (SSSR count). The van der Waals surface area contributed by atoms with E-state index in [9.17, 15) is 13.2 Å². The quantitative estimate of drug-likeness (QED) is 0.810. The molecule has 1 heterocycles. The Morgan fingerprint density at radius 2 is 1.84 bits per heavy atom. The summed E-state index contributed by atoms with van der Waals surface area (Å²) in [6.07, 6.45) is -4.71. The SMILES string of the molecule is CC(C)(C)C1OC1Nc1ccc(Cl)c(C(F)(F)F)c1. The van der Waals surface area contributed by atoms with Crippen molar-refractivity contribution in [1.82, 2.24) is 0 Å². The highest BCUT2D eigenvalue weighted by molar-refractivity contribution is 6.31. The van der Waals surface area contributed by atoms with E-state index in [0.717, 1.165) is 6.07 Å². The van der Waals surface area contributed by atoms with Gasteiger partial charge in [0.25, 0.3) is 0 Å². The van der Waals surface area contributed by atoms with Crippen LogP contribution in [0.25, 0.3) is 0 Å². The second kappa shape index (κ2) is 4.56. The summed E-state index contributed by atoms with van der Waals surface area (Å²) in [7, 11) is 0. The number of hydrogen-bond donors (Lipinski definition) is 1. The second-order valence-corrected chi connectivity index (χ2v) is 6.09. The van der Waals surface area contributed by atoms with Crippen LogP contribution < -0.4 is 5.32 Å². The topological polar surface area (TPSA) is 24.6 Å². The summed E-state index contributed by atoms with van der Waals surface area (Å²) < 4.78 is 43.5. The minimum atomic E-state index is -4.46. The van der Waals surface area contributed by atoms with Crippen molar-refractivity contribution in [3.63, 3.8) is 0 Å². The smallest absolute Gasteiger partial charge is 0.358 e. The number of anilines is 1. The molecular weight excluding hydrogens is 279 g/mol. The van der Waals surface area contributed by atoms with Crippen LogP contribution in [-0.4, -0.2) is 12.3 Å². The third-order valence-electron chi connectivity index (χ3n) is 2.93. The predicted octanol–water partition coefficient (Wildman–Crippen LogP) is 4.54. The lowest BCUT2D eigenvalue weighted by molar-refractivity contribution is -0.137. The van der Waals surface area contributed by atoms with Crippen LogP contribution in [-0.2, 0) is 10.9 Å². The van der Waals surface area contributed by atoms with Crippen molar-refractivity contribution in [2.45, 2.75) is 39.3 Å². The first-order chi connectivity index (χ1) is 8.59. The van der Waals surface area contributed by atoms with Crippen molar-refractivity contribution in [3.8, 4) is 0 Å². The van der Waals surface area contributed by atoms with Gasteiger partial charge in [-0.05, 0) is 23.6 Å². The van der Waals surface area contributed by atoms with E-state index in [1.54, 1.807) is 0 Å². The van der Waals surface area contributed by atoms with Gasteiger partial charge in [-0.1, -0.05) is 32.4 Å². The van der Waals surface area contributed by atoms with Gasteiger partial charge in [-0.25, -0.2) is 0 Å². The van der Waals surface area contributed by atoms with Gasteiger partial charge in [0.2, 0.25) is 0 Å². The number of hydrogen-bond acceptors (Lipinski definition) is 2. The summed E-state index contributed by atoms with van der Waals surface area (Å²) in [5.41, 5.74) is -0.530. The molecule has 1 aromatic carbocycles. The maximum absolute atomic E-state index is 12.7. The molecule has 106 valence electrons. The Morgan fingerprint density at radius 3 is 2.32 bits per heavy atom. The van der Waals surface area contributed by atoms with Crippen LogP contribution in [0.1, 0.15) is 26.3 Å². The molecule has 6 heteroatoms. The number of ether oxygens (including phenoxy) is 1. The van der Waals surface area contributed by atoms with Crippen LogP contribution in [0.4, 0.5) is 18.9 Å². The van der Waals surface area contributed by atoms with Crippen LogP contribution in [0.5, 0.6) is 0 Å². The Morgan fingerprint density at radius 1 is 1.21 bits per heavy atom. The van der Waals surface area contributed by atoms with Crippen molar-refractivity contribution in [1.29, 1.82) is 0 Å². The average Bonchev–Trinajstić information content (AvgIpc) is 2.98. The van der Waals surface area contributed by atoms with Gasteiger partial charge < -0.3 is 10.1 Å². The van der Waals surface area contributed by atoms with Crippen LogP contribution >= 0.6 is 11.6 Å². The van der Waals surface area contributed by atoms with E-state index in [1.807, 2.05) is 20.8 Å². The first-order valence-corrected chi connectivity index (χ1v) is 6.25. The number of rotatable bonds is 2. The Bertz CT molecular complexity index is 482. The molecule has 0 saturated carbocycles. The maximum atomic E-state index is 12.7. The van der Waals surface area contributed by atoms with Gasteiger partial charge >= 0.3 is 6.18 Å². The summed E-state index contributed by atoms with van der Waals surface area (Å²) in [4.78, 5) is 0. The van der Waals surface area contributed by atoms with Crippen molar-refractivity contribution in [2.24, 2.45) is 5.41 Å². The van der Waals surface area contributed by atoms with Crippen LogP contribution in [0, 0.1) is 5.41 Å². The summed E-state index contributed by atoms with van der Waals surface area (Å²) >= 11 is 5.56. The molecule has 1 N–H and O–H groups in total. The zero-order valence-corrected chi connectivity index (χ0v) is 11.6. The molecule has 1 saturated heterocycles. The molecule has 0 radical (unpaired) electrons. The first-order valence-electron chi connectivity index (χ1n) is 5.88. The van der Waals surface area contributed by atoms with Gasteiger partial charge in [-0.3, -0.25) is 0 Å². The molecular formula is C13H15ClF3NO. The van der Waals surface area contributed by atoms with E-state index in [-0.39, 0.29) is 22.8 Å². The van der Waals surface area contributed by atoms with E-state index in [1.165, 1.54) is 12.1 Å². The number of epoxide rings is 1. The Labute approximate surface area is 114 Å². The Hall–Kier alpha value is -0.940.